The summed E-state index contributed by atoms with van der Waals surface area (Å²) in [6, 6.07) is 33.2. The Morgan fingerprint density at radius 3 is 1.69 bits per heavy atom. The molecule has 2 aliphatic carbocycles. The number of nitrogens with one attached hydrogen (secondary N) is 9. The Balaban J connectivity index is 0.000000161. The summed E-state index contributed by atoms with van der Waals surface area (Å²) in [5, 5.41) is 48.5. The van der Waals surface area contributed by atoms with Crippen molar-refractivity contribution in [3.8, 4) is 0 Å². The molecule has 0 spiro atoms. The van der Waals surface area contributed by atoms with Gasteiger partial charge in [-0.15, -0.1) is 0 Å². The maximum absolute atomic E-state index is 13.4. The molecule has 3 aliphatic heterocycles. The van der Waals surface area contributed by atoms with Crippen LogP contribution in [0.25, 0.3) is 22.5 Å². The minimum Gasteiger partial charge on any atom is -0.396 e. The van der Waals surface area contributed by atoms with Crippen LogP contribution in [0.2, 0.25) is 0 Å². The fourth-order valence-corrected chi connectivity index (χ4v) is 17.0. The number of aliphatic hydroxyl groups is 1. The van der Waals surface area contributed by atoms with Gasteiger partial charge in [0.1, 0.15) is 11.6 Å². The molecule has 5 amide bonds. The molecule has 6 aromatic heterocycles. The van der Waals surface area contributed by atoms with Crippen LogP contribution in [0.1, 0.15) is 192 Å². The molecule has 9 heterocycles. The van der Waals surface area contributed by atoms with Gasteiger partial charge in [-0.05, 0) is 266 Å². The van der Waals surface area contributed by atoms with Gasteiger partial charge in [-0.25, -0.2) is 9.97 Å². The Kier molecular flexibility index (Phi) is 30.4. The molecule has 5 aliphatic rings. The quantitative estimate of drug-likeness (QED) is 0.0154. The Hall–Kier alpha value is -12.6. The van der Waals surface area contributed by atoms with E-state index in [4.69, 9.17) is 24.9 Å². The van der Waals surface area contributed by atoms with Crippen LogP contribution in [-0.4, -0.2) is 218 Å². The van der Waals surface area contributed by atoms with Gasteiger partial charge in [0.2, 0.25) is 29.7 Å². The largest absolute Gasteiger partial charge is 0.396 e. The molecule has 4 aromatic carbocycles. The fourth-order valence-electron chi connectivity index (χ4n) is 17.0. The molecule has 10 aromatic rings. The zero-order valence-corrected chi connectivity index (χ0v) is 73.7. The van der Waals surface area contributed by atoms with Crippen LogP contribution in [-0.2, 0) is 16.0 Å². The second-order valence-electron chi connectivity index (χ2n) is 34.1. The summed E-state index contributed by atoms with van der Waals surface area (Å²) in [5.74, 6) is 3.66. The van der Waals surface area contributed by atoms with Gasteiger partial charge in [0.25, 0.3) is 17.7 Å². The topological polar surface area (TPSA) is 347 Å². The summed E-state index contributed by atoms with van der Waals surface area (Å²) in [5.41, 5.74) is 11.2. The number of fused-ring (bicyclic) bond motifs is 3. The number of carbonyl (C=O) groups is 5. The summed E-state index contributed by atoms with van der Waals surface area (Å²) < 4.78 is 5.70. The van der Waals surface area contributed by atoms with Crippen LogP contribution < -0.4 is 52.8 Å². The number of hydrogen-bond donors (Lipinski definition) is 10. The maximum Gasteiger partial charge on any atom is 0.255 e. The predicted molar refractivity (Wildman–Crippen MR) is 499 cm³/mol. The molecule has 660 valence electrons. The highest BCUT2D eigenvalue weighted by Crippen LogP contribution is 2.35. The van der Waals surface area contributed by atoms with E-state index in [1.165, 1.54) is 25.0 Å². The number of benzene rings is 4. The summed E-state index contributed by atoms with van der Waals surface area (Å²) in [4.78, 5) is 103. The van der Waals surface area contributed by atoms with Crippen molar-refractivity contribution >= 4 is 116 Å². The zero-order chi connectivity index (χ0) is 88.4. The van der Waals surface area contributed by atoms with Crippen LogP contribution in [0, 0.1) is 0 Å². The highest BCUT2D eigenvalue weighted by Gasteiger charge is 2.33. The third kappa shape index (κ3) is 23.1. The van der Waals surface area contributed by atoms with Gasteiger partial charge in [-0.2, -0.15) is 39.2 Å². The highest BCUT2D eigenvalue weighted by atomic mass is 16.3. The minimum atomic E-state index is -0.293. The van der Waals surface area contributed by atoms with Gasteiger partial charge in [0.15, 0.2) is 28.3 Å². The van der Waals surface area contributed by atoms with Crippen molar-refractivity contribution in [2.45, 2.75) is 198 Å². The van der Waals surface area contributed by atoms with E-state index in [0.717, 1.165) is 153 Å². The van der Waals surface area contributed by atoms with E-state index < -0.39 is 0 Å². The molecule has 125 heavy (non-hydrogen) atoms. The lowest BCUT2D eigenvalue weighted by atomic mass is 9.90. The molecule has 3 saturated heterocycles. The predicted octanol–water partition coefficient (Wildman–Crippen LogP) is 15.0. The number of hydrogen-bond acceptors (Lipinski definition) is 23. The molecule has 31 heteroatoms. The van der Waals surface area contributed by atoms with E-state index >= 15 is 0 Å². The molecule has 0 radical (unpaired) electrons. The van der Waals surface area contributed by atoms with Gasteiger partial charge in [0.05, 0.1) is 18.7 Å². The van der Waals surface area contributed by atoms with Gasteiger partial charge < -0.3 is 82.0 Å². The fraction of sp³-hybridized carbons (Fsp3) is 0.436. The van der Waals surface area contributed by atoms with Crippen molar-refractivity contribution in [2.75, 3.05) is 120 Å². The number of allylic oxidation sites excluding steroid dienone is 1. The molecular weight excluding hydrogens is 1580 g/mol. The van der Waals surface area contributed by atoms with E-state index in [1.54, 1.807) is 71.3 Å². The number of likely N-dealkylation sites (tertiary alicyclic amines) is 2. The first-order valence-corrected chi connectivity index (χ1v) is 44.1. The third-order valence-corrected chi connectivity index (χ3v) is 24.1. The van der Waals surface area contributed by atoms with E-state index in [1.807, 2.05) is 69.4 Å². The van der Waals surface area contributed by atoms with Crippen LogP contribution >= 0.6 is 0 Å². The normalized spacial score (nSPS) is 19.0. The monoisotopic (exact) mass is 1700 g/mol. The number of rotatable bonds is 29. The first-order chi connectivity index (χ1) is 60.4. The van der Waals surface area contributed by atoms with E-state index in [-0.39, 0.29) is 66.2 Å². The molecule has 15 rings (SSSR count). The first kappa shape index (κ1) is 90.1. The van der Waals surface area contributed by atoms with Crippen molar-refractivity contribution in [2.24, 2.45) is 0 Å². The standard InChI is InChI=1S/C33H41N9O.C31H42N8O2.C30H40N8O3/c1-7-22(4)35-24-13-11-23(12-14-24)31(43)36-26-9-8-10-27(19-26)38-33-40-32(37-25-15-17-28(18-16-25)41(5)6)39-30-29(21(2)3)20-34-42(30)33;1-5-21-19-32-39-28(18-27(36-30(21)39)33-23-13-15-26(16-14-23)37(3)4)34-25-8-7-17-38(20-25)31(41)22-9-11-24(12-10-22)35-29(40)6-2;1-4-25(40)32-22-12-10-21(11-13-22)29(41)36-15-7-8-23(18-36)33-27-26-28(38(19-31-26)20(2)3)35-30(34-27)37-16-6-5-9-24(37)14-17-39/h7-14,19-21,25,28,35H,1,4,15-18H2,2-3,5-6H3,(H,36,43)(H2,37,38,39,40);6,9-12,18-19,23,25-26,34H,2,5,7-8,13-17,20H2,1,3-4H3,(H,33,36)(H,35,40);4,10-13,19-20,23-24,39H,1,5-9,14-18H2,2-3H3,(H,32,40)(H,33,34,35). The Labute approximate surface area is 732 Å². The van der Waals surface area contributed by atoms with Gasteiger partial charge in [-0.1, -0.05) is 53.2 Å². The SMILES string of the molecule is C=CC(=C)Nc1ccc(C(=O)Nc2cccc(Nc3nc(NC4CCC(N(C)C)CC4)nc4c(C(C)C)cnn34)c2)cc1.C=CC(=O)Nc1ccc(C(=O)N2CCCC(Nc3cc(NC4CCC(N(C)C)CC4)nc4c(CC)cnn34)C2)cc1.C=CC(=O)Nc1ccc(C(=O)N2CCCC(Nc3nc(N4CCCCC4CCO)nc4c3ncn4C(C)C)C2)cc1. The summed E-state index contributed by atoms with van der Waals surface area (Å²) in [6.07, 6.45) is 27.1. The number of imidazole rings is 1. The van der Waals surface area contributed by atoms with Crippen LogP contribution in [0.5, 0.6) is 0 Å². The molecule has 10 N–H and O–H groups in total. The zero-order valence-electron chi connectivity index (χ0n) is 73.7. The number of nitrogens with zero attached hydrogens (tertiary/aromatic N) is 16. The van der Waals surface area contributed by atoms with Gasteiger partial charge in [-0.3, -0.25) is 24.0 Å². The smallest absolute Gasteiger partial charge is 0.255 e. The Morgan fingerprint density at radius 2 is 1.12 bits per heavy atom. The van der Waals surface area contributed by atoms with E-state index in [0.29, 0.717) is 120 Å². The molecule has 3 unspecified atom stereocenters. The van der Waals surface area contributed by atoms with E-state index in [2.05, 4.69) is 177 Å². The second kappa shape index (κ2) is 42.2. The molecule has 2 saturated carbocycles. The van der Waals surface area contributed by atoms with Gasteiger partial charge in [0, 0.05) is 156 Å². The summed E-state index contributed by atoms with van der Waals surface area (Å²) in [7, 11) is 8.64. The van der Waals surface area contributed by atoms with Crippen molar-refractivity contribution in [1.82, 2.24) is 73.3 Å². The van der Waals surface area contributed by atoms with Crippen molar-refractivity contribution in [3.05, 3.63) is 200 Å². The second-order valence-corrected chi connectivity index (χ2v) is 34.1. The number of carbonyl (C=O) groups excluding carboxylic acids is 5. The minimum absolute atomic E-state index is 0.00333. The van der Waals surface area contributed by atoms with Crippen LogP contribution in [0.15, 0.2) is 172 Å². The number of piperidine rings is 3. The summed E-state index contributed by atoms with van der Waals surface area (Å²) >= 11 is 0. The number of aliphatic hydroxyl groups excluding tert-OH is 1. The average Bonchev–Trinajstić information content (AvgIpc) is 1.65. The van der Waals surface area contributed by atoms with Crippen molar-refractivity contribution in [3.63, 3.8) is 0 Å². The number of aromatic nitrogens is 11. The number of amides is 5. The lowest BCUT2D eigenvalue weighted by molar-refractivity contribution is -0.112. The van der Waals surface area contributed by atoms with Crippen molar-refractivity contribution < 1.29 is 29.1 Å². The molecule has 3 atom stereocenters. The molecule has 31 nitrogen and oxygen atoms in total. The average molecular weight is 1700 g/mol. The molecule has 0 bridgehead atoms. The maximum atomic E-state index is 13.4. The van der Waals surface area contributed by atoms with Crippen LogP contribution in [0.4, 0.5) is 63.7 Å². The lowest BCUT2D eigenvalue weighted by Gasteiger charge is -2.36. The molecule has 5 fully saturated rings. The Morgan fingerprint density at radius 1 is 0.544 bits per heavy atom. The van der Waals surface area contributed by atoms with Crippen molar-refractivity contribution in [1.29, 1.82) is 0 Å². The molecular formula is C94H123N25O6. The lowest BCUT2D eigenvalue weighted by Crippen LogP contribution is -2.45. The first-order valence-electron chi connectivity index (χ1n) is 44.1. The van der Waals surface area contributed by atoms with Gasteiger partial charge >= 0.3 is 0 Å². The van der Waals surface area contributed by atoms with E-state index in [9.17, 15) is 29.1 Å². The Bertz CT molecular complexity index is 5410. The number of anilines is 11. The van der Waals surface area contributed by atoms with Crippen LogP contribution in [0.3, 0.4) is 0 Å². The third-order valence-electron chi connectivity index (χ3n) is 24.1. The highest BCUT2D eigenvalue weighted by molar-refractivity contribution is 6.05. The number of aryl methyl sites for hydroxylation is 1. The summed E-state index contributed by atoms with van der Waals surface area (Å²) in [6.45, 7) is 28.6.